The Labute approximate surface area is 139 Å². The molecular formula is C18H19NO5. The molecule has 24 heavy (non-hydrogen) atoms. The molecule has 1 amide bonds. The standard InChI is InChI=1S/C18H19NO5/c1-10-5-4-6-12-13(10)7-11(22-3)8-14(12)17(21)24-15(16(19)20)18(2)9-23-18/h4-8,15H,9H2,1-3H3,(H2,19,20)/t15?,18-/m1/s1. The van der Waals surface area contributed by atoms with Gasteiger partial charge in [-0.2, -0.15) is 0 Å². The number of hydrogen-bond acceptors (Lipinski definition) is 5. The number of methoxy groups -OCH3 is 1. The van der Waals surface area contributed by atoms with E-state index in [2.05, 4.69) is 0 Å². The number of primary amides is 1. The summed E-state index contributed by atoms with van der Waals surface area (Å²) in [6, 6.07) is 9.09. The van der Waals surface area contributed by atoms with Gasteiger partial charge in [0.1, 0.15) is 11.4 Å². The number of carbonyl (C=O) groups excluding carboxylic acids is 2. The molecule has 0 bridgehead atoms. The van der Waals surface area contributed by atoms with Crippen LogP contribution in [0.4, 0.5) is 0 Å². The molecule has 0 aliphatic carbocycles. The third-order valence-corrected chi connectivity index (χ3v) is 4.28. The Balaban J connectivity index is 2.03. The molecule has 3 rings (SSSR count). The Morgan fingerprint density at radius 3 is 2.58 bits per heavy atom. The zero-order chi connectivity index (χ0) is 17.5. The molecule has 0 radical (unpaired) electrons. The minimum Gasteiger partial charge on any atom is -0.497 e. The van der Waals surface area contributed by atoms with Crippen molar-refractivity contribution in [3.63, 3.8) is 0 Å². The van der Waals surface area contributed by atoms with Crippen LogP contribution in [-0.2, 0) is 14.3 Å². The summed E-state index contributed by atoms with van der Waals surface area (Å²) in [5.41, 5.74) is 5.85. The highest BCUT2D eigenvalue weighted by Gasteiger charge is 2.52. The third-order valence-electron chi connectivity index (χ3n) is 4.28. The van der Waals surface area contributed by atoms with Crippen LogP contribution in [0.15, 0.2) is 30.3 Å². The van der Waals surface area contributed by atoms with Crippen LogP contribution in [0, 0.1) is 6.92 Å². The number of hydrogen-bond donors (Lipinski definition) is 1. The van der Waals surface area contributed by atoms with Crippen molar-refractivity contribution < 1.29 is 23.8 Å². The quantitative estimate of drug-likeness (QED) is 0.669. The van der Waals surface area contributed by atoms with E-state index < -0.39 is 23.6 Å². The van der Waals surface area contributed by atoms with Gasteiger partial charge in [-0.1, -0.05) is 18.2 Å². The lowest BCUT2D eigenvalue weighted by atomic mass is 10.00. The van der Waals surface area contributed by atoms with Crippen molar-refractivity contribution in [2.24, 2.45) is 5.73 Å². The number of amides is 1. The Bertz CT molecular complexity index is 826. The fourth-order valence-corrected chi connectivity index (χ4v) is 2.72. The van der Waals surface area contributed by atoms with Gasteiger partial charge in [-0.25, -0.2) is 4.79 Å². The first-order valence-corrected chi connectivity index (χ1v) is 7.57. The van der Waals surface area contributed by atoms with Crippen LogP contribution in [0.1, 0.15) is 22.8 Å². The number of ether oxygens (including phenoxy) is 3. The van der Waals surface area contributed by atoms with Crippen LogP contribution in [0.25, 0.3) is 10.8 Å². The molecular weight excluding hydrogens is 310 g/mol. The molecule has 1 unspecified atom stereocenters. The lowest BCUT2D eigenvalue weighted by molar-refractivity contribution is -0.129. The highest BCUT2D eigenvalue weighted by molar-refractivity contribution is 6.06. The van der Waals surface area contributed by atoms with Crippen LogP contribution < -0.4 is 10.5 Å². The van der Waals surface area contributed by atoms with Gasteiger partial charge in [-0.15, -0.1) is 0 Å². The summed E-state index contributed by atoms with van der Waals surface area (Å²) in [7, 11) is 1.53. The van der Waals surface area contributed by atoms with Gasteiger partial charge in [0.2, 0.25) is 6.10 Å². The number of nitrogens with two attached hydrogens (primary N) is 1. The van der Waals surface area contributed by atoms with Crippen molar-refractivity contribution in [1.82, 2.24) is 0 Å². The molecule has 1 heterocycles. The zero-order valence-corrected chi connectivity index (χ0v) is 13.8. The molecule has 2 N–H and O–H groups in total. The van der Waals surface area contributed by atoms with Gasteiger partial charge < -0.3 is 19.9 Å². The molecule has 1 fully saturated rings. The first-order valence-electron chi connectivity index (χ1n) is 7.57. The topological polar surface area (TPSA) is 91.2 Å². The van der Waals surface area contributed by atoms with E-state index in [0.717, 1.165) is 16.3 Å². The van der Waals surface area contributed by atoms with Crippen molar-refractivity contribution in [2.45, 2.75) is 25.6 Å². The maximum atomic E-state index is 12.7. The fourth-order valence-electron chi connectivity index (χ4n) is 2.72. The number of aryl methyl sites for hydroxylation is 1. The summed E-state index contributed by atoms with van der Waals surface area (Å²) in [6.45, 7) is 3.96. The maximum absolute atomic E-state index is 12.7. The van der Waals surface area contributed by atoms with Crippen molar-refractivity contribution in [2.75, 3.05) is 13.7 Å². The van der Waals surface area contributed by atoms with Gasteiger partial charge in [0.25, 0.3) is 5.91 Å². The summed E-state index contributed by atoms with van der Waals surface area (Å²) in [5.74, 6) is -0.829. The van der Waals surface area contributed by atoms with Gasteiger partial charge in [-0.3, -0.25) is 4.79 Å². The molecule has 2 atom stereocenters. The minimum absolute atomic E-state index is 0.323. The average molecular weight is 329 g/mol. The molecule has 0 saturated carbocycles. The molecule has 1 aliphatic heterocycles. The molecule has 6 nitrogen and oxygen atoms in total. The predicted molar refractivity (Wildman–Crippen MR) is 88.0 cm³/mol. The Kier molecular flexibility index (Phi) is 3.93. The zero-order valence-electron chi connectivity index (χ0n) is 13.8. The third kappa shape index (κ3) is 2.80. The van der Waals surface area contributed by atoms with Crippen LogP contribution in [0.2, 0.25) is 0 Å². The maximum Gasteiger partial charge on any atom is 0.339 e. The summed E-state index contributed by atoms with van der Waals surface area (Å²) in [6.07, 6.45) is -1.13. The lowest BCUT2D eigenvalue weighted by Crippen LogP contribution is -2.43. The molecule has 2 aromatic rings. The molecule has 6 heteroatoms. The monoisotopic (exact) mass is 329 g/mol. The van der Waals surface area contributed by atoms with Crippen LogP contribution >= 0.6 is 0 Å². The van der Waals surface area contributed by atoms with E-state index in [1.165, 1.54) is 7.11 Å². The largest absolute Gasteiger partial charge is 0.497 e. The SMILES string of the molecule is COc1cc(C(=O)OC(C(N)=O)[C@@]2(C)CO2)c2cccc(C)c2c1. The summed E-state index contributed by atoms with van der Waals surface area (Å²) >= 11 is 0. The van der Waals surface area contributed by atoms with Gasteiger partial charge in [0, 0.05) is 0 Å². The second-order valence-electron chi connectivity index (χ2n) is 6.13. The minimum atomic E-state index is -1.13. The second-order valence-corrected chi connectivity index (χ2v) is 6.13. The predicted octanol–water partition coefficient (Wildman–Crippen LogP) is 1.96. The Morgan fingerprint density at radius 2 is 2.00 bits per heavy atom. The smallest absolute Gasteiger partial charge is 0.339 e. The fraction of sp³-hybridized carbons (Fsp3) is 0.333. The second kappa shape index (κ2) is 5.79. The molecule has 126 valence electrons. The molecule has 0 spiro atoms. The van der Waals surface area contributed by atoms with Crippen molar-refractivity contribution in [3.8, 4) is 5.75 Å². The average Bonchev–Trinajstić information content (AvgIpc) is 3.30. The number of benzene rings is 2. The highest BCUT2D eigenvalue weighted by Crippen LogP contribution is 2.34. The van der Waals surface area contributed by atoms with E-state index in [0.29, 0.717) is 17.9 Å². The van der Waals surface area contributed by atoms with Gasteiger partial charge in [-0.05, 0) is 42.3 Å². The molecule has 1 saturated heterocycles. The summed E-state index contributed by atoms with van der Waals surface area (Å²) in [4.78, 5) is 24.3. The lowest BCUT2D eigenvalue weighted by Gasteiger charge is -2.19. The number of rotatable bonds is 5. The van der Waals surface area contributed by atoms with Crippen molar-refractivity contribution in [1.29, 1.82) is 0 Å². The number of esters is 1. The van der Waals surface area contributed by atoms with Gasteiger partial charge in [0.05, 0.1) is 19.3 Å². The van der Waals surface area contributed by atoms with Crippen molar-refractivity contribution >= 4 is 22.6 Å². The van der Waals surface area contributed by atoms with E-state index in [1.54, 1.807) is 13.0 Å². The molecule has 2 aromatic carbocycles. The van der Waals surface area contributed by atoms with Crippen molar-refractivity contribution in [3.05, 3.63) is 41.5 Å². The molecule has 0 aromatic heterocycles. The van der Waals surface area contributed by atoms with E-state index in [4.69, 9.17) is 19.9 Å². The normalized spacial score (nSPS) is 20.5. The first-order chi connectivity index (χ1) is 11.4. The van der Waals surface area contributed by atoms with E-state index in [9.17, 15) is 9.59 Å². The Hall–Kier alpha value is -2.60. The highest BCUT2D eigenvalue weighted by atomic mass is 16.6. The van der Waals surface area contributed by atoms with E-state index in [-0.39, 0.29) is 0 Å². The van der Waals surface area contributed by atoms with E-state index in [1.807, 2.05) is 31.2 Å². The molecule has 1 aliphatic rings. The van der Waals surface area contributed by atoms with Crippen LogP contribution in [0.3, 0.4) is 0 Å². The number of carbonyl (C=O) groups is 2. The summed E-state index contributed by atoms with van der Waals surface area (Å²) in [5, 5.41) is 1.61. The van der Waals surface area contributed by atoms with Crippen LogP contribution in [-0.4, -0.2) is 37.3 Å². The number of fused-ring (bicyclic) bond motifs is 1. The van der Waals surface area contributed by atoms with Gasteiger partial charge >= 0.3 is 5.97 Å². The van der Waals surface area contributed by atoms with Gasteiger partial charge in [0.15, 0.2) is 0 Å². The Morgan fingerprint density at radius 1 is 1.29 bits per heavy atom. The van der Waals surface area contributed by atoms with E-state index >= 15 is 0 Å². The van der Waals surface area contributed by atoms with Crippen LogP contribution in [0.5, 0.6) is 5.75 Å². The summed E-state index contributed by atoms with van der Waals surface area (Å²) < 4.78 is 15.9. The first kappa shape index (κ1) is 16.3. The number of epoxide rings is 1.